The zero-order valence-electron chi connectivity index (χ0n) is 34.1. The van der Waals surface area contributed by atoms with Gasteiger partial charge in [0.1, 0.15) is 0 Å². The van der Waals surface area contributed by atoms with Crippen molar-refractivity contribution in [1.82, 2.24) is 39.9 Å². The lowest BCUT2D eigenvalue weighted by Crippen LogP contribution is -2.33. The molecule has 16 heteroatoms. The van der Waals surface area contributed by atoms with Crippen LogP contribution in [0, 0.1) is 0 Å². The predicted octanol–water partition coefficient (Wildman–Crippen LogP) is 10.8. The van der Waals surface area contributed by atoms with E-state index in [1.54, 1.807) is 0 Å². The van der Waals surface area contributed by atoms with Gasteiger partial charge in [-0.1, -0.05) is 163 Å². The highest BCUT2D eigenvalue weighted by molar-refractivity contribution is 7.83. The van der Waals surface area contributed by atoms with E-state index < -0.39 is 30.0 Å². The van der Waals surface area contributed by atoms with Gasteiger partial charge in [-0.25, -0.2) is 9.34 Å². The minimum absolute atomic E-state index is 0.641. The van der Waals surface area contributed by atoms with Crippen molar-refractivity contribution in [3.63, 3.8) is 0 Å². The molecule has 1 aliphatic heterocycles. The Balaban J connectivity index is 1.94. The van der Waals surface area contributed by atoms with E-state index in [0.29, 0.717) is 65.4 Å². The number of hydrogen-bond donors (Lipinski definition) is 6. The van der Waals surface area contributed by atoms with E-state index in [2.05, 4.69) is 203 Å². The van der Waals surface area contributed by atoms with Crippen LogP contribution in [0.3, 0.4) is 0 Å². The maximum absolute atomic E-state index is 6.12. The number of rotatable bonds is 22. The van der Waals surface area contributed by atoms with E-state index in [9.17, 15) is 0 Å². The van der Waals surface area contributed by atoms with Crippen molar-refractivity contribution < 1.29 is 0 Å². The summed E-state index contributed by atoms with van der Waals surface area (Å²) in [5.74, 6) is 0. The fourth-order valence-corrected chi connectivity index (χ4v) is 23.9. The molecule has 0 amide bonds. The summed E-state index contributed by atoms with van der Waals surface area (Å²) in [6.45, 7) is 19.4. The van der Waals surface area contributed by atoms with Crippen LogP contribution < -0.4 is 30.5 Å². The Morgan fingerprint density at radius 3 is 0.786 bits per heavy atom. The number of benzene rings is 4. The van der Waals surface area contributed by atoms with Gasteiger partial charge in [0.2, 0.25) is 30.0 Å². The highest BCUT2D eigenvalue weighted by Gasteiger charge is 2.42. The summed E-state index contributed by atoms with van der Waals surface area (Å²) >= 11 is 0. The Morgan fingerprint density at radius 1 is 0.339 bits per heavy atom. The monoisotopic (exact) mass is 836 g/mol. The molecular formula is C40H64N12P4. The van der Waals surface area contributed by atoms with Crippen molar-refractivity contribution >= 4 is 30.0 Å². The molecule has 0 unspecified atom stereocenters. The lowest BCUT2D eigenvalue weighted by molar-refractivity contribution is 0.432. The molecule has 1 aliphatic rings. The van der Waals surface area contributed by atoms with Gasteiger partial charge in [-0.05, 0) is 22.3 Å². The summed E-state index contributed by atoms with van der Waals surface area (Å²) in [5.41, 5.74) is 4.78. The van der Waals surface area contributed by atoms with Crippen molar-refractivity contribution in [1.29, 1.82) is 0 Å². The Hall–Kier alpha value is -2.52. The largest absolute Gasteiger partial charge is 0.254 e. The minimum atomic E-state index is -3.04. The summed E-state index contributed by atoms with van der Waals surface area (Å²) in [7, 11) is -12.0. The van der Waals surface area contributed by atoms with E-state index in [4.69, 9.17) is 18.1 Å². The van der Waals surface area contributed by atoms with Crippen molar-refractivity contribution in [2.75, 3.05) is 39.3 Å². The molecular weight excluding hydrogens is 772 g/mol. The van der Waals surface area contributed by atoms with Gasteiger partial charge in [-0.15, -0.1) is 0 Å². The van der Waals surface area contributed by atoms with Gasteiger partial charge in [-0.3, -0.25) is 30.5 Å². The maximum atomic E-state index is 6.12. The quantitative estimate of drug-likeness (QED) is 0.0432. The van der Waals surface area contributed by atoms with E-state index in [0.717, 1.165) is 0 Å². The molecule has 4 aromatic carbocycles. The van der Waals surface area contributed by atoms with Gasteiger partial charge in [0.05, 0.1) is 0 Å². The van der Waals surface area contributed by atoms with Crippen LogP contribution in [-0.4, -0.2) is 48.6 Å². The zero-order chi connectivity index (χ0) is 39.7. The van der Waals surface area contributed by atoms with Gasteiger partial charge in [0.25, 0.3) is 0 Å². The molecule has 1 heterocycles. The Bertz CT molecular complexity index is 1750. The van der Waals surface area contributed by atoms with Crippen LogP contribution in [0.5, 0.6) is 0 Å². The topological polar surface area (TPSA) is 128 Å². The molecule has 5 rings (SSSR count). The maximum Gasteiger partial charge on any atom is 0.219 e. The normalized spacial score (nSPS) is 20.3. The molecule has 56 heavy (non-hydrogen) atoms. The minimum Gasteiger partial charge on any atom is -0.254 e. The van der Waals surface area contributed by atoms with Gasteiger partial charge >= 0.3 is 0 Å². The molecule has 0 saturated carbocycles. The summed E-state index contributed by atoms with van der Waals surface area (Å²) in [6.07, 6.45) is 0. The van der Waals surface area contributed by atoms with Gasteiger partial charge < -0.3 is 0 Å². The molecule has 0 fully saturated rings. The molecule has 304 valence electrons. The molecule has 0 saturated heterocycles. The van der Waals surface area contributed by atoms with Crippen molar-refractivity contribution in [3.05, 3.63) is 144 Å². The van der Waals surface area contributed by atoms with Crippen LogP contribution in [0.4, 0.5) is 0 Å². The van der Waals surface area contributed by atoms with Gasteiger partial charge in [0, 0.05) is 65.4 Å². The Kier molecular flexibility index (Phi) is 17.5. The molecule has 0 aromatic heterocycles. The average molecular weight is 837 g/mol. The predicted molar refractivity (Wildman–Crippen MR) is 244 cm³/mol. The van der Waals surface area contributed by atoms with Crippen LogP contribution in [0.2, 0.25) is 0 Å². The van der Waals surface area contributed by atoms with E-state index >= 15 is 0 Å². The number of nitrogens with one attached hydrogen (secondary N) is 6. The molecule has 6 N–H and O–H groups in total. The number of hydrogen-bond acceptors (Lipinski definition) is 12. The Labute approximate surface area is 337 Å². The fraction of sp³-hybridized carbons (Fsp3) is 0.400. The lowest BCUT2D eigenvalue weighted by Gasteiger charge is -2.43. The molecule has 2 atom stereocenters. The second kappa shape index (κ2) is 22.0. The van der Waals surface area contributed by atoms with Crippen LogP contribution in [-0.2, 0) is 26.2 Å². The molecule has 4 aromatic rings. The summed E-state index contributed by atoms with van der Waals surface area (Å²) < 4.78 is 29.4. The number of nitrogens with zero attached hydrogens (tertiary/aromatic N) is 6. The van der Waals surface area contributed by atoms with Crippen molar-refractivity contribution in [3.8, 4) is 0 Å². The molecule has 0 radical (unpaired) electrons. The van der Waals surface area contributed by atoms with Gasteiger partial charge in [0.15, 0.2) is 0 Å². The van der Waals surface area contributed by atoms with Crippen LogP contribution in [0.25, 0.3) is 0 Å². The molecule has 0 bridgehead atoms. The SMILES string of the molecule is CCNP1(NCC)=N[P@](NCC)(N(Cc2ccccc2)Cc2ccccc2)=NP(NCC)(NCC)=N[P@@](NCC)(N(Cc2ccccc2)Cc2ccccc2)=N1. The first-order chi connectivity index (χ1) is 27.3. The zero-order valence-corrected chi connectivity index (χ0v) is 37.7. The molecule has 12 nitrogen and oxygen atoms in total. The third-order valence-electron chi connectivity index (χ3n) is 8.89. The van der Waals surface area contributed by atoms with E-state index in [1.165, 1.54) is 22.3 Å². The molecule has 0 spiro atoms. The van der Waals surface area contributed by atoms with E-state index in [1.807, 2.05) is 0 Å². The standard InChI is InChI=1S/C40H64N12P4/c1-7-41-53(42-8-2)47-55(45-11-5,51(33-37-25-17-13-18-26-37)34-38-27-19-14-20-28-38)49-54(43-9-3,44-10-4)50-56(48-53,46-12-6)52(35-39-29-21-15-22-30-39)36-40-31-23-16-24-32-40/h13-32,41-46H,7-12,33-36H2,1-6H3/t55-,56-. The summed E-state index contributed by atoms with van der Waals surface area (Å²) in [5, 5.41) is 23.5. The third kappa shape index (κ3) is 11.8. The summed E-state index contributed by atoms with van der Waals surface area (Å²) in [6, 6.07) is 42.7. The first-order valence-corrected chi connectivity index (χ1v) is 26.7. The highest BCUT2D eigenvalue weighted by atomic mass is 31.3. The first kappa shape index (κ1) is 44.6. The van der Waals surface area contributed by atoms with E-state index in [-0.39, 0.29) is 0 Å². The first-order valence-electron chi connectivity index (χ1n) is 20.0. The fourth-order valence-electron chi connectivity index (χ4n) is 6.70. The average Bonchev–Trinajstić information content (AvgIpc) is 3.19. The second-order valence-electron chi connectivity index (χ2n) is 13.4. The lowest BCUT2D eigenvalue weighted by atomic mass is 10.2. The van der Waals surface area contributed by atoms with Crippen LogP contribution in [0.1, 0.15) is 63.8 Å². The van der Waals surface area contributed by atoms with Crippen LogP contribution in [0.15, 0.2) is 139 Å². The van der Waals surface area contributed by atoms with Crippen molar-refractivity contribution in [2.45, 2.75) is 67.7 Å². The molecule has 0 aliphatic carbocycles. The van der Waals surface area contributed by atoms with Gasteiger partial charge in [-0.2, -0.15) is 18.1 Å². The van der Waals surface area contributed by atoms with Crippen molar-refractivity contribution in [2.24, 2.45) is 18.1 Å². The smallest absolute Gasteiger partial charge is 0.219 e. The summed E-state index contributed by atoms with van der Waals surface area (Å²) in [4.78, 5) is 0. The highest BCUT2D eigenvalue weighted by Crippen LogP contribution is 2.75. The second-order valence-corrected chi connectivity index (χ2v) is 23.9. The Morgan fingerprint density at radius 2 is 0.571 bits per heavy atom. The third-order valence-corrected chi connectivity index (χ3v) is 23.7. The van der Waals surface area contributed by atoms with Crippen LogP contribution >= 0.6 is 30.0 Å².